The molecule has 2 atom stereocenters. The lowest BCUT2D eigenvalue weighted by molar-refractivity contribution is 0.537. The lowest BCUT2D eigenvalue weighted by atomic mass is 10.3. The molecule has 2 rings (SSSR count). The number of aromatic nitrogens is 3. The Kier molecular flexibility index (Phi) is 4.47. The van der Waals surface area contributed by atoms with Crippen LogP contribution in [0.1, 0.15) is 38.0 Å². The molecule has 1 aliphatic rings. The molecule has 1 aliphatic heterocycles. The van der Waals surface area contributed by atoms with Crippen molar-refractivity contribution in [2.24, 2.45) is 5.92 Å². The third kappa shape index (κ3) is 3.46. The first-order valence-electron chi connectivity index (χ1n) is 6.41. The van der Waals surface area contributed by atoms with Crippen molar-refractivity contribution in [1.29, 1.82) is 0 Å². The molecule has 0 radical (unpaired) electrons. The van der Waals surface area contributed by atoms with Gasteiger partial charge in [0.05, 0.1) is 11.8 Å². The van der Waals surface area contributed by atoms with Crippen molar-refractivity contribution in [3.05, 3.63) is 11.6 Å². The van der Waals surface area contributed by atoms with Crippen LogP contribution in [0.3, 0.4) is 0 Å². The third-order valence-corrected chi connectivity index (χ3v) is 5.40. The van der Waals surface area contributed by atoms with Gasteiger partial charge in [-0.1, -0.05) is 6.92 Å². The van der Waals surface area contributed by atoms with E-state index < -0.39 is 10.0 Å². The van der Waals surface area contributed by atoms with Crippen LogP contribution < -0.4 is 4.72 Å². The summed E-state index contributed by atoms with van der Waals surface area (Å²) in [4.78, 5) is 0. The predicted molar refractivity (Wildman–Crippen MR) is 73.6 cm³/mol. The summed E-state index contributed by atoms with van der Waals surface area (Å²) < 4.78 is 28.6. The fourth-order valence-corrected chi connectivity index (χ4v) is 4.13. The van der Waals surface area contributed by atoms with Gasteiger partial charge in [-0.05, 0) is 19.3 Å². The third-order valence-electron chi connectivity index (χ3n) is 3.15. The molecule has 8 heteroatoms. The zero-order valence-corrected chi connectivity index (χ0v) is 12.7. The Balaban J connectivity index is 2.06. The van der Waals surface area contributed by atoms with E-state index in [-0.39, 0.29) is 17.7 Å². The Hall–Kier alpha value is -0.660. The van der Waals surface area contributed by atoms with Gasteiger partial charge in [0.25, 0.3) is 0 Å². The average molecular weight is 307 g/mol. The summed E-state index contributed by atoms with van der Waals surface area (Å²) in [6, 6.07) is -0.369. The number of rotatable bonds is 6. The Morgan fingerprint density at radius 2 is 2.16 bits per heavy atom. The van der Waals surface area contributed by atoms with Gasteiger partial charge in [-0.3, -0.25) is 0 Å². The van der Waals surface area contributed by atoms with Gasteiger partial charge in [-0.25, -0.2) is 13.1 Å². The minimum atomic E-state index is -3.35. The number of hydrogen-bond donors (Lipinski definition) is 1. The lowest BCUT2D eigenvalue weighted by Crippen LogP contribution is -2.33. The molecule has 0 spiro atoms. The maximum absolute atomic E-state index is 12.0. The predicted octanol–water partition coefficient (Wildman–Crippen LogP) is 1.08. The fourth-order valence-electron chi connectivity index (χ4n) is 2.28. The van der Waals surface area contributed by atoms with Crippen LogP contribution in [0.15, 0.2) is 0 Å². The highest BCUT2D eigenvalue weighted by Gasteiger charge is 2.25. The molecule has 2 unspecified atom stereocenters. The Bertz CT molecular complexity index is 543. The van der Waals surface area contributed by atoms with E-state index >= 15 is 0 Å². The molecule has 0 amide bonds. The zero-order chi connectivity index (χ0) is 14.0. The van der Waals surface area contributed by atoms with Crippen LogP contribution in [-0.2, 0) is 23.0 Å². The second kappa shape index (κ2) is 5.76. The van der Waals surface area contributed by atoms with E-state index in [9.17, 15) is 8.42 Å². The number of aryl methyl sites for hydroxylation is 1. The highest BCUT2D eigenvalue weighted by molar-refractivity contribution is 7.89. The molecule has 0 bridgehead atoms. The highest BCUT2D eigenvalue weighted by Crippen LogP contribution is 2.19. The summed E-state index contributed by atoms with van der Waals surface area (Å²) in [5.74, 6) is 1.91. The van der Waals surface area contributed by atoms with Gasteiger partial charge < -0.3 is 4.57 Å². The van der Waals surface area contributed by atoms with Crippen molar-refractivity contribution < 1.29 is 8.42 Å². The van der Waals surface area contributed by atoms with Crippen molar-refractivity contribution in [3.63, 3.8) is 0 Å². The summed E-state index contributed by atoms with van der Waals surface area (Å²) in [7, 11) is -3.35. The Labute approximate surface area is 118 Å². The molecular formula is C11H19ClN4O2S. The summed E-state index contributed by atoms with van der Waals surface area (Å²) in [5.41, 5.74) is 0. The second-order valence-corrected chi connectivity index (χ2v) is 7.22. The van der Waals surface area contributed by atoms with E-state index in [1.165, 1.54) is 0 Å². The SMILES string of the molecule is CC(CCl)CS(=O)(=O)NC(C)c1nnc2n1CCC2. The van der Waals surface area contributed by atoms with Gasteiger partial charge in [0.15, 0.2) is 5.82 Å². The largest absolute Gasteiger partial charge is 0.314 e. The number of nitrogens with zero attached hydrogens (tertiary/aromatic N) is 3. The van der Waals surface area contributed by atoms with Gasteiger partial charge in [0, 0.05) is 18.8 Å². The van der Waals surface area contributed by atoms with E-state index in [1.54, 1.807) is 6.92 Å². The first-order chi connectivity index (χ1) is 8.93. The molecule has 1 N–H and O–H groups in total. The van der Waals surface area contributed by atoms with Crippen LogP contribution in [0, 0.1) is 5.92 Å². The summed E-state index contributed by atoms with van der Waals surface area (Å²) in [5, 5.41) is 8.16. The summed E-state index contributed by atoms with van der Waals surface area (Å²) >= 11 is 5.65. The molecule has 0 aromatic carbocycles. The number of alkyl halides is 1. The van der Waals surface area contributed by atoms with Crippen molar-refractivity contribution in [1.82, 2.24) is 19.5 Å². The maximum Gasteiger partial charge on any atom is 0.212 e. The minimum Gasteiger partial charge on any atom is -0.314 e. The number of halogens is 1. The monoisotopic (exact) mass is 306 g/mol. The summed E-state index contributed by atoms with van der Waals surface area (Å²) in [6.45, 7) is 4.46. The zero-order valence-electron chi connectivity index (χ0n) is 11.1. The normalized spacial score (nSPS) is 18.3. The van der Waals surface area contributed by atoms with E-state index in [4.69, 9.17) is 11.6 Å². The standard InChI is InChI=1S/C11H19ClN4O2S/c1-8(6-12)7-19(17,18)15-9(2)11-14-13-10-4-3-5-16(10)11/h8-9,15H,3-7H2,1-2H3. The maximum atomic E-state index is 12.0. The van der Waals surface area contributed by atoms with E-state index in [0.717, 1.165) is 25.2 Å². The number of sulfonamides is 1. The average Bonchev–Trinajstić information content (AvgIpc) is 2.88. The number of nitrogens with one attached hydrogen (secondary N) is 1. The molecular weight excluding hydrogens is 288 g/mol. The molecule has 6 nitrogen and oxygen atoms in total. The topological polar surface area (TPSA) is 76.9 Å². The van der Waals surface area contributed by atoms with Gasteiger partial charge in [-0.15, -0.1) is 21.8 Å². The molecule has 0 fully saturated rings. The van der Waals surface area contributed by atoms with E-state index in [2.05, 4.69) is 14.9 Å². The molecule has 2 heterocycles. The lowest BCUT2D eigenvalue weighted by Gasteiger charge is -2.15. The van der Waals surface area contributed by atoms with Crippen LogP contribution in [0.25, 0.3) is 0 Å². The fraction of sp³-hybridized carbons (Fsp3) is 0.818. The molecule has 0 aliphatic carbocycles. The molecule has 0 saturated heterocycles. The van der Waals surface area contributed by atoms with Crippen LogP contribution in [0.2, 0.25) is 0 Å². The minimum absolute atomic E-state index is 0.0296. The van der Waals surface area contributed by atoms with Crippen molar-refractivity contribution >= 4 is 21.6 Å². The van der Waals surface area contributed by atoms with Crippen LogP contribution in [0.5, 0.6) is 0 Å². The highest BCUT2D eigenvalue weighted by atomic mass is 35.5. The summed E-state index contributed by atoms with van der Waals surface area (Å²) in [6.07, 6.45) is 1.95. The molecule has 19 heavy (non-hydrogen) atoms. The van der Waals surface area contributed by atoms with Crippen LogP contribution in [0.4, 0.5) is 0 Å². The Morgan fingerprint density at radius 3 is 2.84 bits per heavy atom. The van der Waals surface area contributed by atoms with E-state index in [0.29, 0.717) is 11.7 Å². The number of hydrogen-bond acceptors (Lipinski definition) is 4. The first-order valence-corrected chi connectivity index (χ1v) is 8.59. The van der Waals surface area contributed by atoms with Crippen molar-refractivity contribution in [3.8, 4) is 0 Å². The number of fused-ring (bicyclic) bond motifs is 1. The van der Waals surface area contributed by atoms with Gasteiger partial charge in [0.1, 0.15) is 5.82 Å². The van der Waals surface area contributed by atoms with Gasteiger partial charge in [-0.2, -0.15) is 0 Å². The van der Waals surface area contributed by atoms with Crippen molar-refractivity contribution in [2.45, 2.75) is 39.3 Å². The van der Waals surface area contributed by atoms with Gasteiger partial charge in [0.2, 0.25) is 10.0 Å². The molecule has 1 aromatic rings. The smallest absolute Gasteiger partial charge is 0.212 e. The van der Waals surface area contributed by atoms with Crippen molar-refractivity contribution in [2.75, 3.05) is 11.6 Å². The second-order valence-electron chi connectivity index (χ2n) is 5.11. The van der Waals surface area contributed by atoms with E-state index in [1.807, 2.05) is 11.5 Å². The molecule has 1 aromatic heterocycles. The Morgan fingerprint density at radius 1 is 1.42 bits per heavy atom. The first kappa shape index (κ1) is 14.7. The van der Waals surface area contributed by atoms with Crippen LogP contribution in [-0.4, -0.2) is 34.8 Å². The quantitative estimate of drug-likeness (QED) is 0.798. The van der Waals surface area contributed by atoms with Crippen LogP contribution >= 0.6 is 11.6 Å². The van der Waals surface area contributed by atoms with Gasteiger partial charge >= 0.3 is 0 Å². The molecule has 108 valence electrons. The molecule has 0 saturated carbocycles.